The minimum absolute atomic E-state index is 0.281. The standard InChI is InChI=1S/C24H20N2O6/c27-22-15-32-21-12-17(6-11-20(21)26(22)13-23(28)29)24(30)25-18-7-9-19(10-8-18)31-14-16-4-2-1-3-5-16/h1-12H,13-15H2,(H,25,30)(H,28,29). The van der Waals surface area contributed by atoms with Gasteiger partial charge in [-0.05, 0) is 48.0 Å². The molecule has 8 heteroatoms. The Hall–Kier alpha value is -4.33. The van der Waals surface area contributed by atoms with E-state index in [9.17, 15) is 14.4 Å². The SMILES string of the molecule is O=C(O)CN1C(=O)COc2cc(C(=O)Nc3ccc(OCc4ccccc4)cc3)ccc21. The number of carbonyl (C=O) groups is 3. The number of carbonyl (C=O) groups excluding carboxylic acids is 2. The second kappa shape index (κ2) is 9.22. The van der Waals surface area contributed by atoms with Crippen LogP contribution >= 0.6 is 0 Å². The van der Waals surface area contributed by atoms with Crippen LogP contribution in [0.2, 0.25) is 0 Å². The van der Waals surface area contributed by atoms with Crippen LogP contribution in [-0.4, -0.2) is 36.0 Å². The number of carboxylic acid groups (broad SMARTS) is 1. The smallest absolute Gasteiger partial charge is 0.323 e. The molecule has 0 aromatic heterocycles. The minimum atomic E-state index is -1.13. The lowest BCUT2D eigenvalue weighted by atomic mass is 10.1. The molecule has 1 aliphatic rings. The van der Waals surface area contributed by atoms with Gasteiger partial charge in [-0.2, -0.15) is 0 Å². The summed E-state index contributed by atoms with van der Waals surface area (Å²) in [4.78, 5) is 36.8. The number of fused-ring (bicyclic) bond motifs is 1. The first-order valence-corrected chi connectivity index (χ1v) is 9.87. The summed E-state index contributed by atoms with van der Waals surface area (Å²) in [6, 6.07) is 21.3. The molecule has 3 aromatic rings. The molecule has 32 heavy (non-hydrogen) atoms. The molecule has 4 rings (SSSR count). The monoisotopic (exact) mass is 432 g/mol. The van der Waals surface area contributed by atoms with Crippen molar-refractivity contribution < 1.29 is 29.0 Å². The highest BCUT2D eigenvalue weighted by molar-refractivity contribution is 6.06. The van der Waals surface area contributed by atoms with Crippen LogP contribution in [0.1, 0.15) is 15.9 Å². The van der Waals surface area contributed by atoms with Gasteiger partial charge in [0.25, 0.3) is 11.8 Å². The molecule has 0 spiro atoms. The molecule has 0 aliphatic carbocycles. The molecule has 162 valence electrons. The van der Waals surface area contributed by atoms with Gasteiger partial charge < -0.3 is 19.9 Å². The number of carboxylic acids is 1. The number of amides is 2. The first-order chi connectivity index (χ1) is 15.5. The predicted octanol–water partition coefficient (Wildman–Crippen LogP) is 3.33. The maximum atomic E-state index is 12.6. The number of nitrogens with one attached hydrogen (secondary N) is 1. The van der Waals surface area contributed by atoms with Gasteiger partial charge >= 0.3 is 5.97 Å². The van der Waals surface area contributed by atoms with Gasteiger partial charge in [0, 0.05) is 11.3 Å². The van der Waals surface area contributed by atoms with E-state index in [0.717, 1.165) is 10.5 Å². The summed E-state index contributed by atoms with van der Waals surface area (Å²) < 4.78 is 11.1. The summed E-state index contributed by atoms with van der Waals surface area (Å²) in [5.41, 5.74) is 2.28. The number of aliphatic carboxylic acids is 1. The minimum Gasteiger partial charge on any atom is -0.489 e. The van der Waals surface area contributed by atoms with Gasteiger partial charge in [-0.3, -0.25) is 19.3 Å². The fourth-order valence-electron chi connectivity index (χ4n) is 3.23. The summed E-state index contributed by atoms with van der Waals surface area (Å²) in [7, 11) is 0. The Kier molecular flexibility index (Phi) is 6.03. The van der Waals surface area contributed by atoms with Crippen LogP contribution in [0.5, 0.6) is 11.5 Å². The van der Waals surface area contributed by atoms with Gasteiger partial charge in [0.05, 0.1) is 5.69 Å². The summed E-state index contributed by atoms with van der Waals surface area (Å²) in [6.07, 6.45) is 0. The highest BCUT2D eigenvalue weighted by atomic mass is 16.5. The quantitative estimate of drug-likeness (QED) is 0.593. The number of anilines is 2. The van der Waals surface area contributed by atoms with E-state index in [0.29, 0.717) is 29.3 Å². The van der Waals surface area contributed by atoms with Gasteiger partial charge in [0.1, 0.15) is 24.7 Å². The lowest BCUT2D eigenvalue weighted by molar-refractivity contribution is -0.137. The van der Waals surface area contributed by atoms with E-state index >= 15 is 0 Å². The van der Waals surface area contributed by atoms with Crippen LogP contribution in [0.4, 0.5) is 11.4 Å². The second-order valence-electron chi connectivity index (χ2n) is 7.10. The van der Waals surface area contributed by atoms with E-state index in [1.54, 1.807) is 24.3 Å². The van der Waals surface area contributed by atoms with Gasteiger partial charge in [-0.15, -0.1) is 0 Å². The maximum absolute atomic E-state index is 12.6. The van der Waals surface area contributed by atoms with Gasteiger partial charge in [-0.25, -0.2) is 0 Å². The fraction of sp³-hybridized carbons (Fsp3) is 0.125. The average molecular weight is 432 g/mol. The zero-order chi connectivity index (χ0) is 22.5. The van der Waals surface area contributed by atoms with E-state index in [1.807, 2.05) is 30.3 Å². The number of benzene rings is 3. The second-order valence-corrected chi connectivity index (χ2v) is 7.10. The lowest BCUT2D eigenvalue weighted by Crippen LogP contribution is -2.42. The third kappa shape index (κ3) is 4.86. The van der Waals surface area contributed by atoms with Crippen LogP contribution in [0.3, 0.4) is 0 Å². The molecule has 0 unspecified atom stereocenters. The Morgan fingerprint density at radius 3 is 2.50 bits per heavy atom. The molecule has 0 fully saturated rings. The normalized spacial score (nSPS) is 12.5. The van der Waals surface area contributed by atoms with Crippen molar-refractivity contribution in [2.24, 2.45) is 0 Å². The molecule has 0 radical (unpaired) electrons. The zero-order valence-electron chi connectivity index (χ0n) is 17.0. The molecule has 2 N–H and O–H groups in total. The number of ether oxygens (including phenoxy) is 2. The molecule has 0 bridgehead atoms. The third-order valence-corrected chi connectivity index (χ3v) is 4.82. The molecule has 2 amide bonds. The molecule has 1 aliphatic heterocycles. The van der Waals surface area contributed by atoms with Crippen molar-refractivity contribution in [3.8, 4) is 11.5 Å². The van der Waals surface area contributed by atoms with Crippen LogP contribution in [0, 0.1) is 0 Å². The summed E-state index contributed by atoms with van der Waals surface area (Å²) in [5, 5.41) is 11.8. The van der Waals surface area contributed by atoms with Crippen molar-refractivity contribution in [3.63, 3.8) is 0 Å². The predicted molar refractivity (Wildman–Crippen MR) is 117 cm³/mol. The van der Waals surface area contributed by atoms with Gasteiger partial charge in [0.2, 0.25) is 0 Å². The van der Waals surface area contributed by atoms with E-state index < -0.39 is 18.4 Å². The lowest BCUT2D eigenvalue weighted by Gasteiger charge is -2.28. The number of nitrogens with zero attached hydrogens (tertiary/aromatic N) is 1. The van der Waals surface area contributed by atoms with E-state index in [-0.39, 0.29) is 18.3 Å². The maximum Gasteiger partial charge on any atom is 0.323 e. The molecule has 3 aromatic carbocycles. The number of rotatable bonds is 7. The number of hydrogen-bond acceptors (Lipinski definition) is 5. The van der Waals surface area contributed by atoms with Crippen molar-refractivity contribution in [2.75, 3.05) is 23.4 Å². The van der Waals surface area contributed by atoms with Crippen molar-refractivity contribution in [2.45, 2.75) is 6.61 Å². The highest BCUT2D eigenvalue weighted by Crippen LogP contribution is 2.33. The van der Waals surface area contributed by atoms with Crippen LogP contribution < -0.4 is 19.7 Å². The summed E-state index contributed by atoms with van der Waals surface area (Å²) in [5.74, 6) is -0.993. The highest BCUT2D eigenvalue weighted by Gasteiger charge is 2.28. The van der Waals surface area contributed by atoms with Crippen molar-refractivity contribution in [1.82, 2.24) is 0 Å². The molecule has 0 saturated heterocycles. The Bertz CT molecular complexity index is 1140. The largest absolute Gasteiger partial charge is 0.489 e. The van der Waals surface area contributed by atoms with Crippen molar-refractivity contribution in [1.29, 1.82) is 0 Å². The van der Waals surface area contributed by atoms with Crippen molar-refractivity contribution >= 4 is 29.2 Å². The first kappa shape index (κ1) is 20.9. The Morgan fingerprint density at radius 1 is 1.03 bits per heavy atom. The molecule has 8 nitrogen and oxygen atoms in total. The summed E-state index contributed by atoms with van der Waals surface area (Å²) in [6.45, 7) is -0.307. The van der Waals surface area contributed by atoms with E-state index in [4.69, 9.17) is 14.6 Å². The van der Waals surface area contributed by atoms with Crippen LogP contribution in [0.25, 0.3) is 0 Å². The Morgan fingerprint density at radius 2 is 1.78 bits per heavy atom. The molecule has 0 saturated carbocycles. The Balaban J connectivity index is 1.40. The first-order valence-electron chi connectivity index (χ1n) is 9.87. The van der Waals surface area contributed by atoms with Crippen LogP contribution in [-0.2, 0) is 16.2 Å². The molecule has 0 atom stereocenters. The van der Waals surface area contributed by atoms with E-state index in [1.165, 1.54) is 18.2 Å². The average Bonchev–Trinajstić information content (AvgIpc) is 2.80. The zero-order valence-corrected chi connectivity index (χ0v) is 17.0. The molecular weight excluding hydrogens is 412 g/mol. The van der Waals surface area contributed by atoms with Crippen LogP contribution in [0.15, 0.2) is 72.8 Å². The fourth-order valence-corrected chi connectivity index (χ4v) is 3.23. The third-order valence-electron chi connectivity index (χ3n) is 4.82. The topological polar surface area (TPSA) is 105 Å². The summed E-state index contributed by atoms with van der Waals surface area (Å²) >= 11 is 0. The van der Waals surface area contributed by atoms with Crippen molar-refractivity contribution in [3.05, 3.63) is 83.9 Å². The van der Waals surface area contributed by atoms with Gasteiger partial charge in [-0.1, -0.05) is 30.3 Å². The molecular formula is C24H20N2O6. The number of hydrogen-bond donors (Lipinski definition) is 2. The van der Waals surface area contributed by atoms with E-state index in [2.05, 4.69) is 5.32 Å². The Labute approximate surface area is 184 Å². The van der Waals surface area contributed by atoms with Gasteiger partial charge in [0.15, 0.2) is 6.61 Å². The molecule has 1 heterocycles.